The molecule has 0 aromatic heterocycles. The summed E-state index contributed by atoms with van der Waals surface area (Å²) in [5, 5.41) is 9.02. The molecule has 1 aliphatic rings. The lowest BCUT2D eigenvalue weighted by Crippen LogP contribution is -2.29. The molecule has 114 valence electrons. The van der Waals surface area contributed by atoms with Crippen LogP contribution in [0, 0.1) is 5.92 Å². The van der Waals surface area contributed by atoms with Crippen LogP contribution < -0.4 is 4.74 Å². The van der Waals surface area contributed by atoms with Gasteiger partial charge in [-0.2, -0.15) is 0 Å². The van der Waals surface area contributed by atoms with Gasteiger partial charge >= 0.3 is 5.97 Å². The number of carbonyl (C=O) groups excluding carboxylic acids is 1. The van der Waals surface area contributed by atoms with Crippen molar-refractivity contribution in [3.05, 3.63) is 29.8 Å². The van der Waals surface area contributed by atoms with Crippen molar-refractivity contribution in [1.82, 2.24) is 4.90 Å². The van der Waals surface area contributed by atoms with E-state index in [2.05, 4.69) is 0 Å². The monoisotopic (exact) mass is 291 g/mol. The van der Waals surface area contributed by atoms with Gasteiger partial charge in [0, 0.05) is 13.0 Å². The summed E-state index contributed by atoms with van der Waals surface area (Å²) in [6.07, 6.45) is 1.05. The Morgan fingerprint density at radius 3 is 2.62 bits per heavy atom. The van der Waals surface area contributed by atoms with Crippen LogP contribution >= 0.6 is 0 Å². The molecule has 1 heterocycles. The molecule has 1 aliphatic heterocycles. The van der Waals surface area contributed by atoms with Crippen molar-refractivity contribution in [2.45, 2.75) is 32.7 Å². The van der Waals surface area contributed by atoms with E-state index in [0.29, 0.717) is 6.61 Å². The molecule has 0 saturated carbocycles. The Kier molecular flexibility index (Phi) is 4.83. The van der Waals surface area contributed by atoms with E-state index in [4.69, 9.17) is 9.84 Å². The summed E-state index contributed by atoms with van der Waals surface area (Å²) >= 11 is 0. The van der Waals surface area contributed by atoms with Gasteiger partial charge in [0.15, 0.2) is 0 Å². The molecular weight excluding hydrogens is 270 g/mol. The smallest absolute Gasteiger partial charge is 0.308 e. The molecular formula is C16H21NO4. The van der Waals surface area contributed by atoms with Gasteiger partial charge in [-0.3, -0.25) is 9.59 Å². The van der Waals surface area contributed by atoms with Crippen molar-refractivity contribution < 1.29 is 19.4 Å². The lowest BCUT2D eigenvalue weighted by Gasteiger charge is -2.25. The average Bonchev–Trinajstić information content (AvgIpc) is 2.87. The molecule has 2 atom stereocenters. The molecule has 1 saturated heterocycles. The minimum atomic E-state index is -0.902. The second kappa shape index (κ2) is 6.61. The third-order valence-electron chi connectivity index (χ3n) is 3.81. The summed E-state index contributed by atoms with van der Waals surface area (Å²) < 4.78 is 5.53. The number of rotatable bonds is 6. The molecule has 1 aromatic rings. The van der Waals surface area contributed by atoms with Crippen LogP contribution in [0.15, 0.2) is 24.3 Å². The number of amides is 1. The van der Waals surface area contributed by atoms with Gasteiger partial charge in [-0.05, 0) is 31.0 Å². The van der Waals surface area contributed by atoms with Crippen LogP contribution in [-0.2, 0) is 9.59 Å². The van der Waals surface area contributed by atoms with Crippen LogP contribution in [-0.4, -0.2) is 35.0 Å². The normalized spacial score (nSPS) is 19.6. The predicted octanol–water partition coefficient (Wildman–Crippen LogP) is 2.47. The molecule has 5 heteroatoms. The highest BCUT2D eigenvalue weighted by molar-refractivity contribution is 5.86. The number of carbonyl (C=O) groups is 2. The number of carboxylic acids is 1. The number of hydrogen-bond donors (Lipinski definition) is 1. The van der Waals surface area contributed by atoms with Crippen molar-refractivity contribution in [1.29, 1.82) is 0 Å². The van der Waals surface area contributed by atoms with E-state index >= 15 is 0 Å². The highest BCUT2D eigenvalue weighted by atomic mass is 16.5. The first kappa shape index (κ1) is 15.4. The molecule has 2 unspecified atom stereocenters. The standard InChI is InChI=1S/C16H21NO4/c1-3-8-21-14-6-4-12(5-7-14)11(2)17-10-13(16(19)20)9-15(17)18/h4-7,11,13H,3,8-10H2,1-2H3,(H,19,20). The van der Waals surface area contributed by atoms with Crippen LogP contribution in [0.3, 0.4) is 0 Å². The Bertz CT molecular complexity index is 512. The van der Waals surface area contributed by atoms with Gasteiger partial charge in [0.2, 0.25) is 5.91 Å². The number of aliphatic carboxylic acids is 1. The fraction of sp³-hybridized carbons (Fsp3) is 0.500. The van der Waals surface area contributed by atoms with Crippen LogP contribution in [0.2, 0.25) is 0 Å². The van der Waals surface area contributed by atoms with E-state index in [1.54, 1.807) is 4.90 Å². The molecule has 0 aliphatic carbocycles. The number of hydrogen-bond acceptors (Lipinski definition) is 3. The van der Waals surface area contributed by atoms with Crippen LogP contribution in [0.25, 0.3) is 0 Å². The maximum Gasteiger partial charge on any atom is 0.308 e. The van der Waals surface area contributed by atoms with Crippen LogP contribution in [0.4, 0.5) is 0 Å². The molecule has 1 fully saturated rings. The van der Waals surface area contributed by atoms with E-state index in [1.165, 1.54) is 0 Å². The third-order valence-corrected chi connectivity index (χ3v) is 3.81. The van der Waals surface area contributed by atoms with Crippen molar-refractivity contribution in [3.8, 4) is 5.75 Å². The summed E-state index contributed by atoms with van der Waals surface area (Å²) in [6.45, 7) is 4.93. The van der Waals surface area contributed by atoms with E-state index < -0.39 is 11.9 Å². The lowest BCUT2D eigenvalue weighted by molar-refractivity contribution is -0.141. The first-order valence-electron chi connectivity index (χ1n) is 7.28. The van der Waals surface area contributed by atoms with E-state index in [0.717, 1.165) is 17.7 Å². The summed E-state index contributed by atoms with van der Waals surface area (Å²) in [5.41, 5.74) is 0.984. The van der Waals surface area contributed by atoms with Crippen LogP contribution in [0.1, 0.15) is 38.3 Å². The molecule has 21 heavy (non-hydrogen) atoms. The highest BCUT2D eigenvalue weighted by Crippen LogP contribution is 2.29. The topological polar surface area (TPSA) is 66.8 Å². The number of ether oxygens (including phenoxy) is 1. The van der Waals surface area contributed by atoms with Crippen molar-refractivity contribution in [2.75, 3.05) is 13.2 Å². The number of benzene rings is 1. The number of nitrogens with zero attached hydrogens (tertiary/aromatic N) is 1. The molecule has 1 N–H and O–H groups in total. The van der Waals surface area contributed by atoms with E-state index in [9.17, 15) is 9.59 Å². The Morgan fingerprint density at radius 2 is 2.10 bits per heavy atom. The molecule has 0 spiro atoms. The van der Waals surface area contributed by atoms with E-state index in [1.807, 2.05) is 38.1 Å². The van der Waals surface area contributed by atoms with Crippen molar-refractivity contribution >= 4 is 11.9 Å². The Balaban J connectivity index is 2.04. The molecule has 1 aromatic carbocycles. The van der Waals surface area contributed by atoms with Crippen molar-refractivity contribution in [2.24, 2.45) is 5.92 Å². The number of carboxylic acid groups (broad SMARTS) is 1. The first-order chi connectivity index (χ1) is 10.0. The summed E-state index contributed by atoms with van der Waals surface area (Å²) in [5.74, 6) is -0.779. The fourth-order valence-corrected chi connectivity index (χ4v) is 2.51. The summed E-state index contributed by atoms with van der Waals surface area (Å²) in [6, 6.07) is 7.50. The second-order valence-corrected chi connectivity index (χ2v) is 5.38. The average molecular weight is 291 g/mol. The Hall–Kier alpha value is -2.04. The van der Waals surface area contributed by atoms with Gasteiger partial charge in [0.05, 0.1) is 18.6 Å². The number of likely N-dealkylation sites (tertiary alicyclic amines) is 1. The highest BCUT2D eigenvalue weighted by Gasteiger charge is 2.36. The molecule has 1 amide bonds. The first-order valence-corrected chi connectivity index (χ1v) is 7.28. The van der Waals surface area contributed by atoms with Crippen molar-refractivity contribution in [3.63, 3.8) is 0 Å². The zero-order valence-corrected chi connectivity index (χ0v) is 12.4. The lowest BCUT2D eigenvalue weighted by atomic mass is 10.1. The maximum absolute atomic E-state index is 12.0. The van der Waals surface area contributed by atoms with Gasteiger partial charge in [-0.25, -0.2) is 0 Å². The summed E-state index contributed by atoms with van der Waals surface area (Å²) in [4.78, 5) is 24.6. The van der Waals surface area contributed by atoms with Gasteiger partial charge in [0.1, 0.15) is 5.75 Å². The SMILES string of the molecule is CCCOc1ccc(C(C)N2CC(C(=O)O)CC2=O)cc1. The van der Waals surface area contributed by atoms with Gasteiger partial charge < -0.3 is 14.7 Å². The fourth-order valence-electron chi connectivity index (χ4n) is 2.51. The zero-order valence-electron chi connectivity index (χ0n) is 12.4. The molecule has 2 rings (SSSR count). The maximum atomic E-state index is 12.0. The third kappa shape index (κ3) is 3.54. The van der Waals surface area contributed by atoms with E-state index in [-0.39, 0.29) is 24.9 Å². The molecule has 5 nitrogen and oxygen atoms in total. The molecule has 0 radical (unpaired) electrons. The van der Waals surface area contributed by atoms with Gasteiger partial charge in [-0.1, -0.05) is 19.1 Å². The van der Waals surface area contributed by atoms with Gasteiger partial charge in [-0.15, -0.1) is 0 Å². The minimum absolute atomic E-state index is 0.0946. The quantitative estimate of drug-likeness (QED) is 0.874. The minimum Gasteiger partial charge on any atom is -0.494 e. The Labute approximate surface area is 124 Å². The molecule has 0 bridgehead atoms. The zero-order chi connectivity index (χ0) is 15.4. The summed E-state index contributed by atoms with van der Waals surface area (Å²) in [7, 11) is 0. The predicted molar refractivity (Wildman–Crippen MR) is 78.1 cm³/mol. The van der Waals surface area contributed by atoms with Gasteiger partial charge in [0.25, 0.3) is 0 Å². The largest absolute Gasteiger partial charge is 0.494 e. The van der Waals surface area contributed by atoms with Crippen LogP contribution in [0.5, 0.6) is 5.75 Å². The Morgan fingerprint density at radius 1 is 1.43 bits per heavy atom. The second-order valence-electron chi connectivity index (χ2n) is 5.38.